The van der Waals surface area contributed by atoms with Crippen molar-refractivity contribution in [2.45, 2.75) is 51.6 Å². The number of hydrogen-bond acceptors (Lipinski definition) is 3. The van der Waals surface area contributed by atoms with Crippen molar-refractivity contribution in [3.63, 3.8) is 0 Å². The first kappa shape index (κ1) is 23.5. The van der Waals surface area contributed by atoms with Gasteiger partial charge < -0.3 is 10.2 Å². The number of carbonyl (C=O) groups excluding carboxylic acids is 2. The minimum atomic E-state index is -0.525. The molecule has 4 nitrogen and oxygen atoms in total. The van der Waals surface area contributed by atoms with E-state index in [0.29, 0.717) is 13.0 Å². The summed E-state index contributed by atoms with van der Waals surface area (Å²) < 4.78 is 0.958. The van der Waals surface area contributed by atoms with Crippen molar-refractivity contribution < 1.29 is 9.59 Å². The lowest BCUT2D eigenvalue weighted by molar-refractivity contribution is -0.140. The Morgan fingerprint density at radius 1 is 1.03 bits per heavy atom. The van der Waals surface area contributed by atoms with E-state index < -0.39 is 6.04 Å². The molecule has 0 bridgehead atoms. The van der Waals surface area contributed by atoms with Gasteiger partial charge in [0.25, 0.3) is 0 Å². The third-order valence-corrected chi connectivity index (χ3v) is 5.94. The SMILES string of the molecule is CC(C)NC(=O)C(C)N(Cc1cccc(Br)c1)C(=O)CCSCc1ccccc1. The van der Waals surface area contributed by atoms with E-state index in [1.807, 2.05) is 56.3 Å². The molecular weight excluding hydrogens is 448 g/mol. The highest BCUT2D eigenvalue weighted by Crippen LogP contribution is 2.18. The molecule has 0 saturated carbocycles. The number of carbonyl (C=O) groups is 2. The molecule has 2 aromatic carbocycles. The van der Waals surface area contributed by atoms with Gasteiger partial charge in [0.15, 0.2) is 0 Å². The number of nitrogens with one attached hydrogen (secondary N) is 1. The van der Waals surface area contributed by atoms with Crippen molar-refractivity contribution >= 4 is 39.5 Å². The summed E-state index contributed by atoms with van der Waals surface area (Å²) in [5.74, 6) is 1.47. The Morgan fingerprint density at radius 3 is 2.38 bits per heavy atom. The summed E-state index contributed by atoms with van der Waals surface area (Å²) in [6, 6.07) is 17.6. The summed E-state index contributed by atoms with van der Waals surface area (Å²) >= 11 is 5.21. The van der Waals surface area contributed by atoms with E-state index >= 15 is 0 Å². The number of nitrogens with zero attached hydrogens (tertiary/aromatic N) is 1. The van der Waals surface area contributed by atoms with E-state index in [4.69, 9.17) is 0 Å². The Bertz CT molecular complexity index is 798. The molecule has 0 fully saturated rings. The van der Waals surface area contributed by atoms with Gasteiger partial charge in [0, 0.05) is 35.0 Å². The van der Waals surface area contributed by atoms with E-state index in [9.17, 15) is 9.59 Å². The third-order valence-electron chi connectivity index (χ3n) is 4.41. The first-order valence-electron chi connectivity index (χ1n) is 9.82. The van der Waals surface area contributed by atoms with Crippen LogP contribution in [0.4, 0.5) is 0 Å². The van der Waals surface area contributed by atoms with Crippen LogP contribution in [0.1, 0.15) is 38.3 Å². The zero-order valence-corrected chi connectivity index (χ0v) is 19.6. The van der Waals surface area contributed by atoms with Crippen LogP contribution in [0.3, 0.4) is 0 Å². The van der Waals surface area contributed by atoms with E-state index in [-0.39, 0.29) is 17.9 Å². The minimum Gasteiger partial charge on any atom is -0.352 e. The summed E-state index contributed by atoms with van der Waals surface area (Å²) in [6.07, 6.45) is 0.408. The van der Waals surface area contributed by atoms with Crippen LogP contribution in [0.25, 0.3) is 0 Å². The van der Waals surface area contributed by atoms with Gasteiger partial charge in [-0.25, -0.2) is 0 Å². The van der Waals surface area contributed by atoms with Crippen LogP contribution in [-0.4, -0.2) is 34.6 Å². The fourth-order valence-electron chi connectivity index (χ4n) is 2.89. The molecule has 156 valence electrons. The molecule has 29 heavy (non-hydrogen) atoms. The lowest BCUT2D eigenvalue weighted by atomic mass is 10.1. The normalized spacial score (nSPS) is 11.9. The fraction of sp³-hybridized carbons (Fsp3) is 0.391. The minimum absolute atomic E-state index is 0.00283. The van der Waals surface area contributed by atoms with Crippen LogP contribution >= 0.6 is 27.7 Å². The van der Waals surface area contributed by atoms with E-state index in [1.54, 1.807) is 23.6 Å². The van der Waals surface area contributed by atoms with Gasteiger partial charge in [-0.3, -0.25) is 9.59 Å². The molecule has 0 spiro atoms. The highest BCUT2D eigenvalue weighted by Gasteiger charge is 2.26. The maximum absolute atomic E-state index is 13.0. The smallest absolute Gasteiger partial charge is 0.242 e. The standard InChI is InChI=1S/C23H29BrN2O2S/c1-17(2)25-23(28)18(3)26(15-20-10-7-11-21(24)14-20)22(27)12-13-29-16-19-8-5-4-6-9-19/h4-11,14,17-18H,12-13,15-16H2,1-3H3,(H,25,28). The van der Waals surface area contributed by atoms with Crippen LogP contribution in [-0.2, 0) is 21.9 Å². The van der Waals surface area contributed by atoms with Gasteiger partial charge in [-0.2, -0.15) is 11.8 Å². The molecule has 2 amide bonds. The number of rotatable bonds is 10. The number of thioether (sulfide) groups is 1. The summed E-state index contributed by atoms with van der Waals surface area (Å²) in [4.78, 5) is 27.2. The van der Waals surface area contributed by atoms with Crippen molar-refractivity contribution in [2.75, 3.05) is 5.75 Å². The number of hydrogen-bond donors (Lipinski definition) is 1. The zero-order valence-electron chi connectivity index (χ0n) is 17.2. The summed E-state index contributed by atoms with van der Waals surface area (Å²) in [7, 11) is 0. The first-order chi connectivity index (χ1) is 13.9. The van der Waals surface area contributed by atoms with Crippen LogP contribution in [0.5, 0.6) is 0 Å². The Morgan fingerprint density at radius 2 is 1.72 bits per heavy atom. The maximum Gasteiger partial charge on any atom is 0.242 e. The van der Waals surface area contributed by atoms with Gasteiger partial charge in [0.2, 0.25) is 11.8 Å². The second kappa shape index (κ2) is 12.0. The van der Waals surface area contributed by atoms with E-state index in [1.165, 1.54) is 5.56 Å². The lowest BCUT2D eigenvalue weighted by Crippen LogP contribution is -2.49. The number of benzene rings is 2. The Kier molecular flexibility index (Phi) is 9.74. The quantitative estimate of drug-likeness (QED) is 0.490. The van der Waals surface area contributed by atoms with Crippen molar-refractivity contribution in [3.05, 3.63) is 70.2 Å². The molecule has 2 rings (SSSR count). The Balaban J connectivity index is 2.00. The van der Waals surface area contributed by atoms with Gasteiger partial charge in [-0.1, -0.05) is 58.4 Å². The molecule has 6 heteroatoms. The zero-order chi connectivity index (χ0) is 21.2. The van der Waals surface area contributed by atoms with Crippen LogP contribution in [0, 0.1) is 0 Å². The largest absolute Gasteiger partial charge is 0.352 e. The molecule has 1 unspecified atom stereocenters. The third kappa shape index (κ3) is 8.23. The Labute approximate surface area is 186 Å². The molecule has 0 aliphatic carbocycles. The molecule has 0 heterocycles. The monoisotopic (exact) mass is 476 g/mol. The molecule has 0 aliphatic rings. The summed E-state index contributed by atoms with van der Waals surface area (Å²) in [5.41, 5.74) is 2.24. The van der Waals surface area contributed by atoms with Crippen LogP contribution < -0.4 is 5.32 Å². The van der Waals surface area contributed by atoms with Crippen molar-refractivity contribution in [1.29, 1.82) is 0 Å². The predicted molar refractivity (Wildman–Crippen MR) is 125 cm³/mol. The average molecular weight is 477 g/mol. The van der Waals surface area contributed by atoms with Crippen LogP contribution in [0.15, 0.2) is 59.1 Å². The van der Waals surface area contributed by atoms with E-state index in [0.717, 1.165) is 21.5 Å². The maximum atomic E-state index is 13.0. The number of halogens is 1. The molecular formula is C23H29BrN2O2S. The van der Waals surface area contributed by atoms with Crippen LogP contribution in [0.2, 0.25) is 0 Å². The molecule has 0 saturated heterocycles. The average Bonchev–Trinajstić information content (AvgIpc) is 2.69. The predicted octanol–water partition coefficient (Wildman–Crippen LogP) is 5.01. The van der Waals surface area contributed by atoms with Gasteiger partial charge in [-0.05, 0) is 44.0 Å². The molecule has 1 N–H and O–H groups in total. The summed E-state index contributed by atoms with van der Waals surface area (Å²) in [5, 5.41) is 2.92. The fourth-order valence-corrected chi connectivity index (χ4v) is 4.23. The second-order valence-electron chi connectivity index (χ2n) is 7.28. The highest BCUT2D eigenvalue weighted by molar-refractivity contribution is 9.10. The molecule has 0 aliphatic heterocycles. The van der Waals surface area contributed by atoms with Crippen molar-refractivity contribution in [1.82, 2.24) is 10.2 Å². The van der Waals surface area contributed by atoms with Gasteiger partial charge in [-0.15, -0.1) is 0 Å². The topological polar surface area (TPSA) is 49.4 Å². The molecule has 2 aromatic rings. The first-order valence-corrected chi connectivity index (χ1v) is 11.8. The van der Waals surface area contributed by atoms with Gasteiger partial charge in [0.05, 0.1) is 0 Å². The second-order valence-corrected chi connectivity index (χ2v) is 9.30. The van der Waals surface area contributed by atoms with Gasteiger partial charge >= 0.3 is 0 Å². The Hall–Kier alpha value is -1.79. The van der Waals surface area contributed by atoms with Crippen molar-refractivity contribution in [2.24, 2.45) is 0 Å². The highest BCUT2D eigenvalue weighted by atomic mass is 79.9. The lowest BCUT2D eigenvalue weighted by Gasteiger charge is -2.29. The van der Waals surface area contributed by atoms with E-state index in [2.05, 4.69) is 33.4 Å². The number of amides is 2. The molecule has 0 aromatic heterocycles. The molecule has 0 radical (unpaired) electrons. The summed E-state index contributed by atoms with van der Waals surface area (Å²) in [6.45, 7) is 6.05. The van der Waals surface area contributed by atoms with Gasteiger partial charge in [0.1, 0.15) is 6.04 Å². The molecule has 1 atom stereocenters. The van der Waals surface area contributed by atoms with Crippen molar-refractivity contribution in [3.8, 4) is 0 Å².